The van der Waals surface area contributed by atoms with Gasteiger partial charge in [0.15, 0.2) is 0 Å². The molecule has 0 aliphatic heterocycles. The van der Waals surface area contributed by atoms with Crippen molar-refractivity contribution in [2.75, 3.05) is 26.2 Å². The van der Waals surface area contributed by atoms with Crippen molar-refractivity contribution in [1.29, 1.82) is 0 Å². The van der Waals surface area contributed by atoms with E-state index in [-0.39, 0.29) is 16.5 Å². The minimum absolute atomic E-state index is 0. The predicted molar refractivity (Wildman–Crippen MR) is 381 cm³/mol. The number of hydrogen-bond donors (Lipinski definition) is 0. The van der Waals surface area contributed by atoms with E-state index in [1.165, 1.54) is 411 Å². The standard InChI is InChI=1S/2C37H75NS2.Ni/c2*1-3-5-7-9-11-13-15-17-19-21-23-25-27-29-31-33-35-38(37(39)40)36-34-32-30-28-26-24-22-20-18-16-14-12-10-8-6-4-2;/h2*3-36H2,1-2H3,(H,39,40);/q;;+2/p-2. The second-order valence-electron chi connectivity index (χ2n) is 25.7. The molecule has 0 fully saturated rings. The van der Waals surface area contributed by atoms with Gasteiger partial charge in [0.2, 0.25) is 0 Å². The van der Waals surface area contributed by atoms with Gasteiger partial charge in [-0.3, -0.25) is 0 Å². The molecule has 0 unspecified atom stereocenters. The molecule has 81 heavy (non-hydrogen) atoms. The molecule has 0 aliphatic rings. The first-order chi connectivity index (χ1) is 39.4. The molecule has 0 aliphatic carbocycles. The Morgan fingerprint density at radius 3 is 0.358 bits per heavy atom. The molecule has 0 rings (SSSR count). The van der Waals surface area contributed by atoms with Crippen LogP contribution in [0.3, 0.4) is 0 Å². The summed E-state index contributed by atoms with van der Waals surface area (Å²) in [5.41, 5.74) is 0. The van der Waals surface area contributed by atoms with E-state index in [0.717, 1.165) is 26.2 Å². The first kappa shape index (κ1) is 85.9. The van der Waals surface area contributed by atoms with Crippen molar-refractivity contribution in [2.24, 2.45) is 0 Å². The van der Waals surface area contributed by atoms with Crippen LogP contribution in [0.25, 0.3) is 0 Å². The van der Waals surface area contributed by atoms with E-state index in [1.54, 1.807) is 0 Å². The van der Waals surface area contributed by atoms with Crippen molar-refractivity contribution in [1.82, 2.24) is 9.80 Å². The molecule has 0 saturated carbocycles. The van der Waals surface area contributed by atoms with Crippen LogP contribution in [0.15, 0.2) is 0 Å². The van der Waals surface area contributed by atoms with E-state index in [1.807, 2.05) is 0 Å². The molecule has 0 aromatic rings. The Morgan fingerprint density at radius 2 is 0.272 bits per heavy atom. The van der Waals surface area contributed by atoms with Gasteiger partial charge in [0, 0.05) is 26.2 Å². The van der Waals surface area contributed by atoms with Gasteiger partial charge in [0.25, 0.3) is 0 Å². The van der Waals surface area contributed by atoms with E-state index in [2.05, 4.69) is 37.5 Å². The van der Waals surface area contributed by atoms with Crippen LogP contribution in [0.4, 0.5) is 0 Å². The number of hydrogen-bond acceptors (Lipinski definition) is 4. The quantitative estimate of drug-likeness (QED) is 0.0257. The molecule has 0 amide bonds. The van der Waals surface area contributed by atoms with Gasteiger partial charge >= 0.3 is 16.5 Å². The van der Waals surface area contributed by atoms with Crippen molar-refractivity contribution < 1.29 is 16.5 Å². The van der Waals surface area contributed by atoms with Gasteiger partial charge in [-0.25, -0.2) is 0 Å². The zero-order chi connectivity index (χ0) is 58.4. The SMILES string of the molecule is CCCCCCCCCCCCCCCCCCN(CCCCCCCCCCCCCCCCCC)C(=S)[S-].CCCCCCCCCCCCCCCCCCN(CCCCCCCCCCCCCCCCCC)C(=S)[S-].[Ni+2]. The van der Waals surface area contributed by atoms with E-state index in [4.69, 9.17) is 49.7 Å². The zero-order valence-electron chi connectivity index (χ0n) is 55.9. The Labute approximate surface area is 545 Å². The average Bonchev–Trinajstić information content (AvgIpc) is 3.45. The summed E-state index contributed by atoms with van der Waals surface area (Å²) in [4.78, 5) is 4.61. The third kappa shape index (κ3) is 76.8. The Kier molecular flexibility index (Phi) is 83.5. The topological polar surface area (TPSA) is 6.48 Å². The van der Waals surface area contributed by atoms with Crippen LogP contribution >= 0.6 is 24.4 Å². The molecule has 0 aromatic carbocycles. The van der Waals surface area contributed by atoms with E-state index in [0.29, 0.717) is 8.64 Å². The van der Waals surface area contributed by atoms with Gasteiger partial charge in [0.1, 0.15) is 0 Å². The molecule has 0 radical (unpaired) electrons. The summed E-state index contributed by atoms with van der Waals surface area (Å²) in [5, 5.41) is 0. The zero-order valence-corrected chi connectivity index (χ0v) is 60.2. The second-order valence-corrected chi connectivity index (χ2v) is 27.8. The molecule has 0 N–H and O–H groups in total. The maximum absolute atomic E-state index is 5.38. The van der Waals surface area contributed by atoms with Gasteiger partial charge in [-0.05, 0) is 25.7 Å². The van der Waals surface area contributed by atoms with Crippen LogP contribution in [0.2, 0.25) is 0 Å². The largest absolute Gasteiger partial charge is 2.00 e. The van der Waals surface area contributed by atoms with E-state index in [9.17, 15) is 0 Å². The van der Waals surface area contributed by atoms with Crippen molar-refractivity contribution in [3.63, 3.8) is 0 Å². The van der Waals surface area contributed by atoms with Crippen LogP contribution in [0.1, 0.15) is 439 Å². The third-order valence-electron chi connectivity index (χ3n) is 17.6. The summed E-state index contributed by atoms with van der Waals surface area (Å²) in [7, 11) is 0. The smallest absolute Gasteiger partial charge is 0.411 e. The molecule has 2 nitrogen and oxygen atoms in total. The normalized spacial score (nSPS) is 11.2. The van der Waals surface area contributed by atoms with Crippen molar-refractivity contribution in [2.45, 2.75) is 439 Å². The third-order valence-corrected chi connectivity index (χ3v) is 18.7. The fraction of sp³-hybridized carbons (Fsp3) is 0.973. The second kappa shape index (κ2) is 78.7. The number of unbranched alkanes of at least 4 members (excludes halogenated alkanes) is 60. The van der Waals surface area contributed by atoms with Crippen LogP contribution in [-0.4, -0.2) is 44.6 Å². The van der Waals surface area contributed by atoms with Crippen LogP contribution < -0.4 is 0 Å². The molecule has 0 heterocycles. The summed E-state index contributed by atoms with van der Waals surface area (Å²) in [6.45, 7) is 13.5. The predicted octanol–water partition coefficient (Wildman–Crippen LogP) is 27.3. The fourth-order valence-electron chi connectivity index (χ4n) is 12.0. The Balaban J connectivity index is -0.00000148. The molecule has 0 spiro atoms. The average molecular weight is 1250 g/mol. The molecule has 0 atom stereocenters. The van der Waals surface area contributed by atoms with Crippen molar-refractivity contribution in [3.8, 4) is 0 Å². The molecule has 488 valence electrons. The monoisotopic (exact) mass is 1250 g/mol. The van der Waals surface area contributed by atoms with Gasteiger partial charge in [-0.1, -0.05) is 422 Å². The van der Waals surface area contributed by atoms with Crippen LogP contribution in [0.5, 0.6) is 0 Å². The molecular weight excluding hydrogens is 1100 g/mol. The Morgan fingerprint density at radius 1 is 0.185 bits per heavy atom. The van der Waals surface area contributed by atoms with Gasteiger partial charge in [0.05, 0.1) is 0 Å². The summed E-state index contributed by atoms with van der Waals surface area (Å²) in [5.74, 6) is 0. The molecule has 0 saturated heterocycles. The fourth-order valence-corrected chi connectivity index (χ4v) is 12.7. The van der Waals surface area contributed by atoms with E-state index >= 15 is 0 Å². The van der Waals surface area contributed by atoms with Crippen LogP contribution in [-0.2, 0) is 41.7 Å². The minimum atomic E-state index is 0. The van der Waals surface area contributed by atoms with Gasteiger partial charge < -0.3 is 59.5 Å². The first-order valence-corrected chi connectivity index (χ1v) is 39.0. The molecule has 0 aromatic heterocycles. The van der Waals surface area contributed by atoms with Gasteiger partial charge in [-0.2, -0.15) is 0 Å². The summed E-state index contributed by atoms with van der Waals surface area (Å²) >= 11 is 21.5. The maximum Gasteiger partial charge on any atom is 2.00 e. The minimum Gasteiger partial charge on any atom is -0.411 e. The van der Waals surface area contributed by atoms with Crippen molar-refractivity contribution >= 4 is 58.3 Å². The maximum atomic E-state index is 5.38. The first-order valence-electron chi connectivity index (χ1n) is 37.4. The van der Waals surface area contributed by atoms with Crippen molar-refractivity contribution in [3.05, 3.63) is 0 Å². The number of thiocarbonyl (C=S) groups is 2. The molecule has 0 bridgehead atoms. The summed E-state index contributed by atoms with van der Waals surface area (Å²) < 4.78 is 1.39. The van der Waals surface area contributed by atoms with E-state index < -0.39 is 0 Å². The summed E-state index contributed by atoms with van der Waals surface area (Å²) in [6.07, 6.45) is 91.0. The molecule has 7 heteroatoms. The Hall–Kier alpha value is 0.714. The Bertz CT molecular complexity index is 983. The number of rotatable bonds is 68. The van der Waals surface area contributed by atoms with Crippen LogP contribution in [0, 0.1) is 0 Å². The number of nitrogens with zero attached hydrogens (tertiary/aromatic N) is 2. The summed E-state index contributed by atoms with van der Waals surface area (Å²) in [6, 6.07) is 0. The molecular formula is C74H148N2NiS4. The van der Waals surface area contributed by atoms with Gasteiger partial charge in [-0.15, -0.1) is 0 Å².